The molecular weight excluding hydrogens is 464 g/mol. The quantitative estimate of drug-likeness (QED) is 0.478. The van der Waals surface area contributed by atoms with Crippen LogP contribution in [0.4, 0.5) is 0 Å². The third-order valence-corrected chi connectivity index (χ3v) is 4.72. The fourth-order valence-corrected chi connectivity index (χ4v) is 2.74. The van der Waals surface area contributed by atoms with E-state index in [9.17, 15) is 9.59 Å². The number of carbonyl (C=O) groups excluding carboxylic acids is 2. The van der Waals surface area contributed by atoms with Gasteiger partial charge in [-0.1, -0.05) is 56.1 Å². The standard InChI is InChI=1S/C20H20Br2O4/c21-17-5-1-15(2-6-17)11-13-25-19(23)9-10-20(24)26-14-12-16-3-7-18(22)8-4-16/h1-8H,9-14H2. The first kappa shape index (κ1) is 20.6. The van der Waals surface area contributed by atoms with Gasteiger partial charge in [-0.2, -0.15) is 0 Å². The molecule has 0 spiro atoms. The number of esters is 2. The summed E-state index contributed by atoms with van der Waals surface area (Å²) in [5.41, 5.74) is 2.18. The molecule has 0 atom stereocenters. The van der Waals surface area contributed by atoms with Gasteiger partial charge in [-0.25, -0.2) is 0 Å². The van der Waals surface area contributed by atoms with Crippen LogP contribution in [0.5, 0.6) is 0 Å². The van der Waals surface area contributed by atoms with Crippen molar-refractivity contribution in [2.75, 3.05) is 13.2 Å². The highest BCUT2D eigenvalue weighted by atomic mass is 79.9. The van der Waals surface area contributed by atoms with Gasteiger partial charge in [-0.15, -0.1) is 0 Å². The molecule has 0 unspecified atom stereocenters. The largest absolute Gasteiger partial charge is 0.465 e. The first-order chi connectivity index (χ1) is 12.5. The molecule has 0 N–H and O–H groups in total. The molecule has 26 heavy (non-hydrogen) atoms. The molecule has 0 fully saturated rings. The van der Waals surface area contributed by atoms with Gasteiger partial charge in [-0.3, -0.25) is 9.59 Å². The van der Waals surface area contributed by atoms with Crippen molar-refractivity contribution in [1.82, 2.24) is 0 Å². The van der Waals surface area contributed by atoms with E-state index in [4.69, 9.17) is 9.47 Å². The zero-order valence-electron chi connectivity index (χ0n) is 14.3. The Bertz CT molecular complexity index is 648. The minimum atomic E-state index is -0.382. The summed E-state index contributed by atoms with van der Waals surface area (Å²) in [5, 5.41) is 0. The third-order valence-electron chi connectivity index (χ3n) is 3.67. The van der Waals surface area contributed by atoms with Crippen LogP contribution in [-0.4, -0.2) is 25.2 Å². The summed E-state index contributed by atoms with van der Waals surface area (Å²) in [5.74, 6) is -0.765. The van der Waals surface area contributed by atoms with Crippen molar-refractivity contribution in [3.63, 3.8) is 0 Å². The Hall–Kier alpha value is -1.66. The fourth-order valence-electron chi connectivity index (χ4n) is 2.22. The van der Waals surface area contributed by atoms with E-state index < -0.39 is 0 Å². The van der Waals surface area contributed by atoms with Crippen molar-refractivity contribution >= 4 is 43.8 Å². The second-order valence-electron chi connectivity index (χ2n) is 5.69. The summed E-state index contributed by atoms with van der Waals surface area (Å²) in [6.45, 7) is 0.609. The Labute approximate surface area is 170 Å². The molecule has 4 nitrogen and oxygen atoms in total. The number of hydrogen-bond acceptors (Lipinski definition) is 4. The van der Waals surface area contributed by atoms with Crippen LogP contribution < -0.4 is 0 Å². The molecule has 0 aliphatic carbocycles. The lowest BCUT2D eigenvalue weighted by Crippen LogP contribution is -2.12. The highest BCUT2D eigenvalue weighted by Crippen LogP contribution is 2.12. The van der Waals surface area contributed by atoms with Gasteiger partial charge in [0.05, 0.1) is 26.1 Å². The molecule has 0 radical (unpaired) electrons. The molecule has 0 amide bonds. The molecule has 6 heteroatoms. The van der Waals surface area contributed by atoms with Crippen LogP contribution in [-0.2, 0) is 31.9 Å². The predicted octanol–water partition coefficient (Wildman–Crippen LogP) is 4.86. The molecule has 0 aliphatic heterocycles. The SMILES string of the molecule is O=C(CCC(=O)OCCc1ccc(Br)cc1)OCCc1ccc(Br)cc1. The molecule has 0 bridgehead atoms. The van der Waals surface area contributed by atoms with Gasteiger partial charge in [-0.05, 0) is 35.4 Å². The van der Waals surface area contributed by atoms with Crippen molar-refractivity contribution in [2.24, 2.45) is 0 Å². The molecule has 2 aromatic carbocycles. The van der Waals surface area contributed by atoms with Crippen molar-refractivity contribution < 1.29 is 19.1 Å². The summed E-state index contributed by atoms with van der Waals surface area (Å²) in [7, 11) is 0. The molecule has 0 heterocycles. The summed E-state index contributed by atoms with van der Waals surface area (Å²) < 4.78 is 12.3. The van der Waals surface area contributed by atoms with Crippen molar-refractivity contribution in [3.05, 3.63) is 68.6 Å². The Morgan fingerprint density at radius 3 is 1.35 bits per heavy atom. The lowest BCUT2D eigenvalue weighted by molar-refractivity contribution is -0.150. The molecular formula is C20H20Br2O4. The predicted molar refractivity (Wildman–Crippen MR) is 107 cm³/mol. The number of hydrogen-bond donors (Lipinski definition) is 0. The second-order valence-corrected chi connectivity index (χ2v) is 7.53. The van der Waals surface area contributed by atoms with Gasteiger partial charge in [0.25, 0.3) is 0 Å². The number of carbonyl (C=O) groups is 2. The summed E-state index contributed by atoms with van der Waals surface area (Å²) in [6, 6.07) is 15.7. The van der Waals surface area contributed by atoms with Crippen LogP contribution in [0.3, 0.4) is 0 Å². The van der Waals surface area contributed by atoms with Gasteiger partial charge in [0.1, 0.15) is 0 Å². The van der Waals surface area contributed by atoms with Crippen LogP contribution in [0.25, 0.3) is 0 Å². The van der Waals surface area contributed by atoms with Gasteiger partial charge in [0, 0.05) is 21.8 Å². The van der Waals surface area contributed by atoms with Crippen molar-refractivity contribution in [1.29, 1.82) is 0 Å². The van der Waals surface area contributed by atoms with E-state index in [0.29, 0.717) is 26.1 Å². The van der Waals surface area contributed by atoms with Gasteiger partial charge < -0.3 is 9.47 Å². The monoisotopic (exact) mass is 482 g/mol. The lowest BCUT2D eigenvalue weighted by Gasteiger charge is -2.06. The molecule has 0 aromatic heterocycles. The highest BCUT2D eigenvalue weighted by molar-refractivity contribution is 9.10. The molecule has 2 aromatic rings. The van der Waals surface area contributed by atoms with Gasteiger partial charge >= 0.3 is 11.9 Å². The number of rotatable bonds is 9. The van der Waals surface area contributed by atoms with E-state index in [0.717, 1.165) is 20.1 Å². The zero-order chi connectivity index (χ0) is 18.8. The highest BCUT2D eigenvalue weighted by Gasteiger charge is 2.09. The Morgan fingerprint density at radius 2 is 1.00 bits per heavy atom. The second kappa shape index (κ2) is 11.1. The van der Waals surface area contributed by atoms with E-state index in [1.807, 2.05) is 48.5 Å². The van der Waals surface area contributed by atoms with Crippen LogP contribution in [0, 0.1) is 0 Å². The first-order valence-electron chi connectivity index (χ1n) is 8.33. The van der Waals surface area contributed by atoms with Crippen LogP contribution in [0.15, 0.2) is 57.5 Å². The number of halogens is 2. The maximum absolute atomic E-state index is 11.7. The van der Waals surface area contributed by atoms with Gasteiger partial charge in [0.15, 0.2) is 0 Å². The van der Waals surface area contributed by atoms with Crippen molar-refractivity contribution in [2.45, 2.75) is 25.7 Å². The van der Waals surface area contributed by atoms with Crippen LogP contribution >= 0.6 is 31.9 Å². The Kier molecular flexibility index (Phi) is 8.85. The van der Waals surface area contributed by atoms with E-state index >= 15 is 0 Å². The topological polar surface area (TPSA) is 52.6 Å². The molecule has 0 saturated heterocycles. The molecule has 0 aliphatic rings. The number of benzene rings is 2. The van der Waals surface area contributed by atoms with Gasteiger partial charge in [0.2, 0.25) is 0 Å². The minimum absolute atomic E-state index is 0.0391. The van der Waals surface area contributed by atoms with E-state index in [1.54, 1.807) is 0 Å². The lowest BCUT2D eigenvalue weighted by atomic mass is 10.2. The summed E-state index contributed by atoms with van der Waals surface area (Å²) in [4.78, 5) is 23.4. The smallest absolute Gasteiger partial charge is 0.306 e. The van der Waals surface area contributed by atoms with E-state index in [-0.39, 0.29) is 24.8 Å². The maximum atomic E-state index is 11.7. The van der Waals surface area contributed by atoms with Crippen LogP contribution in [0.2, 0.25) is 0 Å². The average Bonchev–Trinajstić information content (AvgIpc) is 2.63. The average molecular weight is 484 g/mol. The Balaban J connectivity index is 1.55. The van der Waals surface area contributed by atoms with E-state index in [1.165, 1.54) is 0 Å². The number of ether oxygens (including phenoxy) is 2. The zero-order valence-corrected chi connectivity index (χ0v) is 17.4. The molecule has 138 valence electrons. The summed E-state index contributed by atoms with van der Waals surface area (Å²) in [6.07, 6.45) is 1.38. The molecule has 0 saturated carbocycles. The van der Waals surface area contributed by atoms with E-state index in [2.05, 4.69) is 31.9 Å². The van der Waals surface area contributed by atoms with Crippen molar-refractivity contribution in [3.8, 4) is 0 Å². The normalized spacial score (nSPS) is 10.4. The maximum Gasteiger partial charge on any atom is 0.306 e. The first-order valence-corrected chi connectivity index (χ1v) is 9.91. The fraction of sp³-hybridized carbons (Fsp3) is 0.300. The minimum Gasteiger partial charge on any atom is -0.465 e. The third kappa shape index (κ3) is 8.15. The van der Waals surface area contributed by atoms with Crippen LogP contribution in [0.1, 0.15) is 24.0 Å². The molecule has 2 rings (SSSR count). The Morgan fingerprint density at radius 1 is 0.654 bits per heavy atom. The summed E-state index contributed by atoms with van der Waals surface area (Å²) >= 11 is 6.75.